The van der Waals surface area contributed by atoms with Gasteiger partial charge in [-0.05, 0) is 19.9 Å². The van der Waals surface area contributed by atoms with Gasteiger partial charge in [0, 0.05) is 36.4 Å². The Kier molecular flexibility index (Phi) is 5.04. The number of ether oxygens (including phenoxy) is 2. The number of rotatable bonds is 5. The van der Waals surface area contributed by atoms with Gasteiger partial charge in [0.2, 0.25) is 10.0 Å². The van der Waals surface area contributed by atoms with Crippen molar-refractivity contribution in [2.75, 3.05) is 24.7 Å². The largest absolute Gasteiger partial charge is 0.483 e. The van der Waals surface area contributed by atoms with Gasteiger partial charge in [-0.25, -0.2) is 13.4 Å². The van der Waals surface area contributed by atoms with Gasteiger partial charge in [0.25, 0.3) is 5.91 Å². The lowest BCUT2D eigenvalue weighted by Crippen LogP contribution is -2.34. The third-order valence-electron chi connectivity index (χ3n) is 4.83. The highest BCUT2D eigenvalue weighted by Gasteiger charge is 2.32. The van der Waals surface area contributed by atoms with Crippen molar-refractivity contribution in [2.45, 2.75) is 38.8 Å². The molecule has 0 fully saturated rings. The quantitative estimate of drug-likeness (QED) is 0.770. The Balaban J connectivity index is 1.38. The average Bonchev–Trinajstić information content (AvgIpc) is 3.16. The molecule has 0 atom stereocenters. The van der Waals surface area contributed by atoms with Crippen molar-refractivity contribution in [1.82, 2.24) is 9.29 Å². The van der Waals surface area contributed by atoms with Gasteiger partial charge in [0.05, 0.1) is 11.9 Å². The number of nitrogens with one attached hydrogen (secondary N) is 1. The zero-order chi connectivity index (χ0) is 20.8. The summed E-state index contributed by atoms with van der Waals surface area (Å²) in [6, 6.07) is 5.67. The monoisotopic (exact) mass is 437 g/mol. The number of carbonyl (C=O) groups excluding carboxylic acids is 1. The molecule has 10 heteroatoms. The summed E-state index contributed by atoms with van der Waals surface area (Å²) in [5.41, 5.74) is 1.61. The highest BCUT2D eigenvalue weighted by Crippen LogP contribution is 2.41. The Morgan fingerprint density at radius 2 is 2.21 bits per heavy atom. The van der Waals surface area contributed by atoms with Crippen LogP contribution in [0.25, 0.3) is 0 Å². The smallest absolute Gasteiger partial charge is 0.264 e. The molecule has 4 rings (SSSR count). The lowest BCUT2D eigenvalue weighted by Gasteiger charge is -2.23. The van der Waals surface area contributed by atoms with Crippen molar-refractivity contribution >= 4 is 32.4 Å². The molecule has 0 radical (unpaired) electrons. The first-order valence-corrected chi connectivity index (χ1v) is 11.9. The van der Waals surface area contributed by atoms with Crippen molar-refractivity contribution in [3.05, 3.63) is 34.3 Å². The topological polar surface area (TPSA) is 97.8 Å². The van der Waals surface area contributed by atoms with Crippen LogP contribution in [0.3, 0.4) is 0 Å². The fraction of sp³-hybridized carbons (Fsp3) is 0.474. The van der Waals surface area contributed by atoms with E-state index in [-0.39, 0.29) is 18.1 Å². The molecule has 2 aromatic rings. The Hall–Kier alpha value is -2.17. The summed E-state index contributed by atoms with van der Waals surface area (Å²) in [4.78, 5) is 17.6. The zero-order valence-electron chi connectivity index (χ0n) is 16.5. The van der Waals surface area contributed by atoms with E-state index in [9.17, 15) is 13.2 Å². The van der Waals surface area contributed by atoms with E-state index in [0.717, 1.165) is 22.6 Å². The number of fused-ring (bicyclic) bond motifs is 2. The van der Waals surface area contributed by atoms with Crippen LogP contribution >= 0.6 is 11.3 Å². The number of para-hydroxylation sites is 1. The molecule has 1 N–H and O–H groups in total. The molecule has 2 aliphatic rings. The predicted octanol–water partition coefficient (Wildman–Crippen LogP) is 2.19. The van der Waals surface area contributed by atoms with Crippen LogP contribution in [0.2, 0.25) is 0 Å². The summed E-state index contributed by atoms with van der Waals surface area (Å²) in [6.45, 7) is 4.56. The molecule has 0 spiro atoms. The third kappa shape index (κ3) is 4.39. The fourth-order valence-electron chi connectivity index (χ4n) is 3.51. The number of aromatic nitrogens is 1. The van der Waals surface area contributed by atoms with E-state index in [4.69, 9.17) is 9.47 Å². The molecule has 0 bridgehead atoms. The predicted molar refractivity (Wildman–Crippen MR) is 110 cm³/mol. The summed E-state index contributed by atoms with van der Waals surface area (Å²) in [7, 11) is -3.24. The van der Waals surface area contributed by atoms with Crippen LogP contribution in [0.5, 0.6) is 11.5 Å². The van der Waals surface area contributed by atoms with E-state index in [1.807, 2.05) is 26.0 Å². The van der Waals surface area contributed by atoms with E-state index in [1.54, 1.807) is 6.07 Å². The average molecular weight is 438 g/mol. The number of thiazole rings is 1. The van der Waals surface area contributed by atoms with Gasteiger partial charge in [-0.2, -0.15) is 4.31 Å². The van der Waals surface area contributed by atoms with Gasteiger partial charge in [-0.3, -0.25) is 10.1 Å². The first kappa shape index (κ1) is 20.1. The molecule has 0 aliphatic carbocycles. The Morgan fingerprint density at radius 3 is 2.97 bits per heavy atom. The van der Waals surface area contributed by atoms with E-state index in [2.05, 4.69) is 10.3 Å². The van der Waals surface area contributed by atoms with E-state index >= 15 is 0 Å². The molecule has 8 nitrogen and oxygen atoms in total. The zero-order valence-corrected chi connectivity index (χ0v) is 18.2. The Bertz CT molecular complexity index is 1060. The van der Waals surface area contributed by atoms with E-state index in [1.165, 1.54) is 21.9 Å². The fourth-order valence-corrected chi connectivity index (χ4v) is 5.42. The molecule has 0 unspecified atom stereocenters. The number of hydrogen-bond acceptors (Lipinski definition) is 7. The molecule has 156 valence electrons. The number of hydrogen-bond donors (Lipinski definition) is 1. The van der Waals surface area contributed by atoms with Crippen LogP contribution in [0.15, 0.2) is 18.2 Å². The number of carbonyl (C=O) groups is 1. The van der Waals surface area contributed by atoms with Gasteiger partial charge in [0.1, 0.15) is 5.60 Å². The van der Waals surface area contributed by atoms with E-state index in [0.29, 0.717) is 36.1 Å². The maximum atomic E-state index is 12.3. The molecular formula is C19H23N3O5S2. The molecule has 3 heterocycles. The number of benzene rings is 1. The molecule has 0 saturated heterocycles. The number of nitrogens with zero attached hydrogens (tertiary/aromatic N) is 2. The molecule has 0 saturated carbocycles. The van der Waals surface area contributed by atoms with E-state index < -0.39 is 10.0 Å². The van der Waals surface area contributed by atoms with Crippen LogP contribution < -0.4 is 14.8 Å². The second kappa shape index (κ2) is 7.26. The normalized spacial score (nSPS) is 17.9. The van der Waals surface area contributed by atoms with Crippen molar-refractivity contribution in [3.8, 4) is 11.5 Å². The SMILES string of the molecule is CC1(C)Cc2cccc(OCC(=O)Nc3nc4c(s3)CN(S(C)(=O)=O)CC4)c2O1. The molecule has 2 aliphatic heterocycles. The summed E-state index contributed by atoms with van der Waals surface area (Å²) in [5, 5.41) is 3.19. The highest BCUT2D eigenvalue weighted by molar-refractivity contribution is 7.88. The number of sulfonamides is 1. The van der Waals surface area contributed by atoms with Crippen molar-refractivity contribution in [1.29, 1.82) is 0 Å². The molecule has 1 aromatic heterocycles. The second-order valence-electron chi connectivity index (χ2n) is 7.86. The summed E-state index contributed by atoms with van der Waals surface area (Å²) in [5.74, 6) is 0.909. The third-order valence-corrected chi connectivity index (χ3v) is 7.07. The minimum Gasteiger partial charge on any atom is -0.483 e. The van der Waals surface area contributed by atoms with Crippen molar-refractivity contribution in [2.24, 2.45) is 0 Å². The van der Waals surface area contributed by atoms with Gasteiger partial charge < -0.3 is 9.47 Å². The standard InChI is InChI=1S/C19H23N3O5S2/c1-19(2)9-12-5-4-6-14(17(12)27-19)26-11-16(23)21-18-20-13-7-8-22(29(3,24)25)10-15(13)28-18/h4-6H,7-11H2,1-3H3,(H,20,21,23). The number of anilines is 1. The molecule has 1 aromatic carbocycles. The minimum atomic E-state index is -3.24. The molecule has 1 amide bonds. The Morgan fingerprint density at radius 1 is 1.41 bits per heavy atom. The second-order valence-corrected chi connectivity index (χ2v) is 10.9. The maximum absolute atomic E-state index is 12.3. The van der Waals surface area contributed by atoms with Crippen molar-refractivity contribution in [3.63, 3.8) is 0 Å². The first-order chi connectivity index (χ1) is 13.6. The van der Waals surface area contributed by atoms with Crippen molar-refractivity contribution < 1.29 is 22.7 Å². The Labute approximate surface area is 173 Å². The minimum absolute atomic E-state index is 0.167. The summed E-state index contributed by atoms with van der Waals surface area (Å²) < 4.78 is 36.5. The van der Waals surface area contributed by atoms with Crippen LogP contribution in [0, 0.1) is 0 Å². The highest BCUT2D eigenvalue weighted by atomic mass is 32.2. The molecular weight excluding hydrogens is 414 g/mol. The van der Waals surface area contributed by atoms with Crippen LogP contribution in [-0.2, 0) is 34.2 Å². The summed E-state index contributed by atoms with van der Waals surface area (Å²) in [6.07, 6.45) is 2.53. The lowest BCUT2D eigenvalue weighted by molar-refractivity contribution is -0.118. The summed E-state index contributed by atoms with van der Waals surface area (Å²) >= 11 is 1.30. The van der Waals surface area contributed by atoms with Gasteiger partial charge in [0.15, 0.2) is 23.2 Å². The number of amides is 1. The van der Waals surface area contributed by atoms with Gasteiger partial charge in [-0.15, -0.1) is 11.3 Å². The first-order valence-electron chi connectivity index (χ1n) is 9.28. The maximum Gasteiger partial charge on any atom is 0.264 e. The van der Waals surface area contributed by atoms with Gasteiger partial charge >= 0.3 is 0 Å². The molecule has 29 heavy (non-hydrogen) atoms. The van der Waals surface area contributed by atoms with Gasteiger partial charge in [-0.1, -0.05) is 12.1 Å². The van der Waals surface area contributed by atoms with Crippen LogP contribution in [-0.4, -0.2) is 48.6 Å². The van der Waals surface area contributed by atoms with Crippen LogP contribution in [0.1, 0.15) is 30.0 Å². The van der Waals surface area contributed by atoms with Crippen LogP contribution in [0.4, 0.5) is 5.13 Å². The lowest BCUT2D eigenvalue weighted by atomic mass is 10.0.